The lowest BCUT2D eigenvalue weighted by Gasteiger charge is -2.26. The number of aryl methyl sites for hydroxylation is 1. The number of thiol groups is 1. The number of anilines is 1. The van der Waals surface area contributed by atoms with E-state index in [1.165, 1.54) is 18.3 Å². The quantitative estimate of drug-likeness (QED) is 0.229. The number of hydroxylamine groups is 2. The molecule has 1 aliphatic rings. The number of amides is 1. The molecule has 0 aliphatic carbocycles. The fourth-order valence-corrected chi connectivity index (χ4v) is 5.40. The lowest BCUT2D eigenvalue weighted by molar-refractivity contribution is -0.0584. The number of fused-ring (bicyclic) bond motifs is 1. The number of carbonyl (C=O) groups excluding carboxylic acids is 1. The molecule has 9 nitrogen and oxygen atoms in total. The fourth-order valence-electron chi connectivity index (χ4n) is 4.67. The van der Waals surface area contributed by atoms with Crippen molar-refractivity contribution in [2.45, 2.75) is 30.6 Å². The summed E-state index contributed by atoms with van der Waals surface area (Å²) in [7, 11) is 0. The standard InChI is InChI=1S/C28H25F2N7O2S/c1-18-3-5-22(6-4-18)37-26(33-28(38)24-17-32-36-10-2-9-31-27(24)36)16-25(34-37)19-7-11-35(12-8-19)39-40-23-14-20(29)13-21(30)15-23/h2-6,9-10,13-17,19H,7-8,11-12H2,1H3,(H,33,38)/p+1. The summed E-state index contributed by atoms with van der Waals surface area (Å²) in [5, 5.41) is 13.9. The van der Waals surface area contributed by atoms with Crippen molar-refractivity contribution in [1.29, 1.82) is 0 Å². The molecule has 0 unspecified atom stereocenters. The Morgan fingerprint density at radius 1 is 1.07 bits per heavy atom. The van der Waals surface area contributed by atoms with Gasteiger partial charge in [-0.2, -0.15) is 10.2 Å². The van der Waals surface area contributed by atoms with Crippen LogP contribution >= 0.6 is 0 Å². The zero-order valence-corrected chi connectivity index (χ0v) is 22.4. The molecule has 0 atom stereocenters. The van der Waals surface area contributed by atoms with Crippen LogP contribution in [0.4, 0.5) is 14.6 Å². The Kier molecular flexibility index (Phi) is 7.29. The summed E-state index contributed by atoms with van der Waals surface area (Å²) >= 11 is 0.372. The van der Waals surface area contributed by atoms with Crippen LogP contribution in [-0.4, -0.2) is 48.4 Å². The van der Waals surface area contributed by atoms with E-state index in [0.29, 0.717) is 47.1 Å². The zero-order valence-electron chi connectivity index (χ0n) is 21.5. The second-order valence-corrected chi connectivity index (χ2v) is 10.5. The van der Waals surface area contributed by atoms with Gasteiger partial charge in [0.25, 0.3) is 5.91 Å². The summed E-state index contributed by atoms with van der Waals surface area (Å²) in [5.74, 6) is -0.900. The molecule has 0 radical (unpaired) electrons. The number of benzene rings is 2. The van der Waals surface area contributed by atoms with Gasteiger partial charge in [0.05, 0.1) is 17.6 Å². The molecule has 6 rings (SSSR count). The number of rotatable bonds is 7. The summed E-state index contributed by atoms with van der Waals surface area (Å²) in [6, 6.07) is 14.9. The lowest BCUT2D eigenvalue weighted by atomic mass is 9.94. The third-order valence-electron chi connectivity index (χ3n) is 6.75. The molecule has 12 heteroatoms. The first-order valence-corrected chi connectivity index (χ1v) is 13.6. The van der Waals surface area contributed by atoms with Gasteiger partial charge in [-0.25, -0.2) is 23.0 Å². The molecule has 1 saturated heterocycles. The molecular weight excluding hydrogens is 536 g/mol. The van der Waals surface area contributed by atoms with E-state index in [9.17, 15) is 13.6 Å². The molecule has 1 amide bonds. The second-order valence-electron chi connectivity index (χ2n) is 9.61. The van der Waals surface area contributed by atoms with Crippen LogP contribution in [0.15, 0.2) is 78.1 Å². The monoisotopic (exact) mass is 562 g/mol. The van der Waals surface area contributed by atoms with Crippen LogP contribution in [0, 0.1) is 18.6 Å². The van der Waals surface area contributed by atoms with E-state index >= 15 is 0 Å². The highest BCUT2D eigenvalue weighted by Crippen LogP contribution is 2.31. The molecule has 1 fully saturated rings. The fraction of sp³-hybridized carbons (Fsp3) is 0.214. The molecule has 1 aliphatic heterocycles. The van der Waals surface area contributed by atoms with Crippen molar-refractivity contribution in [3.63, 3.8) is 0 Å². The maximum Gasteiger partial charge on any atom is 0.262 e. The van der Waals surface area contributed by atoms with Crippen LogP contribution in [0.25, 0.3) is 11.3 Å². The van der Waals surface area contributed by atoms with Crippen molar-refractivity contribution in [2.24, 2.45) is 0 Å². The second kappa shape index (κ2) is 11.2. The van der Waals surface area contributed by atoms with E-state index in [2.05, 4.69) is 15.4 Å². The Balaban J connectivity index is 1.18. The Morgan fingerprint density at radius 3 is 2.58 bits per heavy atom. The molecule has 1 N–H and O–H groups in total. The molecule has 40 heavy (non-hydrogen) atoms. The molecule has 0 saturated carbocycles. The van der Waals surface area contributed by atoms with E-state index < -0.39 is 11.6 Å². The van der Waals surface area contributed by atoms with Crippen LogP contribution in [-0.2, 0) is 16.3 Å². The van der Waals surface area contributed by atoms with Crippen LogP contribution in [0.2, 0.25) is 0 Å². The van der Waals surface area contributed by atoms with Gasteiger partial charge in [-0.3, -0.25) is 4.79 Å². The molecule has 3 aromatic heterocycles. The van der Waals surface area contributed by atoms with Crippen LogP contribution in [0.1, 0.15) is 40.4 Å². The Morgan fingerprint density at radius 2 is 1.82 bits per heavy atom. The lowest BCUT2D eigenvalue weighted by Crippen LogP contribution is -2.32. The summed E-state index contributed by atoms with van der Waals surface area (Å²) in [4.78, 5) is 18.0. The number of aromatic nitrogens is 5. The predicted octanol–water partition coefficient (Wildman–Crippen LogP) is 4.65. The first-order chi connectivity index (χ1) is 19.4. The van der Waals surface area contributed by atoms with Gasteiger partial charge in [0.1, 0.15) is 23.0 Å². The number of piperidine rings is 1. The van der Waals surface area contributed by atoms with Crippen molar-refractivity contribution >= 4 is 29.4 Å². The molecule has 4 heterocycles. The van der Waals surface area contributed by atoms with Gasteiger partial charge in [-0.05, 0) is 38.0 Å². The maximum atomic E-state index is 13.5. The van der Waals surface area contributed by atoms with Crippen molar-refractivity contribution in [1.82, 2.24) is 29.4 Å². The van der Waals surface area contributed by atoms with Gasteiger partial charge in [-0.15, -0.1) is 5.06 Å². The smallest absolute Gasteiger partial charge is 0.262 e. The summed E-state index contributed by atoms with van der Waals surface area (Å²) < 4.78 is 36.0. The maximum absolute atomic E-state index is 13.5. The first-order valence-electron chi connectivity index (χ1n) is 12.8. The van der Waals surface area contributed by atoms with Gasteiger partial charge in [0.2, 0.25) is 0 Å². The van der Waals surface area contributed by atoms with Crippen LogP contribution in [0.5, 0.6) is 0 Å². The average Bonchev–Trinajstić information content (AvgIpc) is 3.57. The Labute approximate surface area is 232 Å². The number of halogens is 2. The van der Waals surface area contributed by atoms with E-state index in [4.69, 9.17) is 9.38 Å². The first kappa shape index (κ1) is 26.1. The minimum Gasteiger partial charge on any atom is -0.306 e. The minimum absolute atomic E-state index is 0.143. The Hall–Kier alpha value is -4.13. The van der Waals surface area contributed by atoms with Gasteiger partial charge in [0.15, 0.2) is 22.6 Å². The molecule has 0 spiro atoms. The van der Waals surface area contributed by atoms with Gasteiger partial charge >= 0.3 is 0 Å². The van der Waals surface area contributed by atoms with Gasteiger partial charge < -0.3 is 5.32 Å². The van der Waals surface area contributed by atoms with E-state index in [1.54, 1.807) is 32.7 Å². The number of hydrogen-bond donors (Lipinski definition) is 1. The van der Waals surface area contributed by atoms with Crippen molar-refractivity contribution in [2.75, 3.05) is 18.4 Å². The number of nitrogens with one attached hydrogen (secondary N) is 1. The topological polar surface area (TPSA) is 89.6 Å². The van der Waals surface area contributed by atoms with Gasteiger partial charge in [-0.1, -0.05) is 22.0 Å². The summed E-state index contributed by atoms with van der Waals surface area (Å²) in [6.45, 7) is 3.27. The van der Waals surface area contributed by atoms with Crippen molar-refractivity contribution in [3.05, 3.63) is 102 Å². The minimum atomic E-state index is -0.630. The van der Waals surface area contributed by atoms with Crippen LogP contribution in [0.3, 0.4) is 0 Å². The van der Waals surface area contributed by atoms with Crippen LogP contribution < -0.4 is 5.32 Å². The van der Waals surface area contributed by atoms with E-state index in [0.717, 1.165) is 35.9 Å². The largest absolute Gasteiger partial charge is 0.306 e. The van der Waals surface area contributed by atoms with E-state index in [-0.39, 0.29) is 11.8 Å². The van der Waals surface area contributed by atoms with E-state index in [1.807, 2.05) is 37.3 Å². The molecule has 2 aromatic carbocycles. The zero-order chi connectivity index (χ0) is 27.6. The predicted molar refractivity (Wildman–Crippen MR) is 147 cm³/mol. The summed E-state index contributed by atoms with van der Waals surface area (Å²) in [6.07, 6.45) is 6.39. The number of carbonyl (C=O) groups is 1. The Bertz CT molecular complexity index is 1640. The highest BCUT2D eigenvalue weighted by molar-refractivity contribution is 7.73. The third-order valence-corrected chi connectivity index (χ3v) is 7.54. The highest BCUT2D eigenvalue weighted by Gasteiger charge is 2.27. The van der Waals surface area contributed by atoms with Gasteiger partial charge in [0, 0.05) is 55.7 Å². The molecule has 204 valence electrons. The highest BCUT2D eigenvalue weighted by atomic mass is 32.2. The third kappa shape index (κ3) is 5.60. The number of nitrogens with zero attached hydrogens (tertiary/aromatic N) is 6. The molecule has 0 bridgehead atoms. The SMILES string of the molecule is Cc1ccc(-n2nc(C3CCN(O[SH+]c4cc(F)cc(F)c4)CC3)cc2NC(=O)c2cnn3cccnc23)cc1. The van der Waals surface area contributed by atoms with Crippen molar-refractivity contribution < 1.29 is 17.9 Å². The molecular formula is C28H26F2N7O2S+. The normalized spacial score (nSPS) is 14.6. The number of hydrogen-bond acceptors (Lipinski definition) is 6. The summed E-state index contributed by atoms with van der Waals surface area (Å²) in [5.41, 5.74) is 3.63. The van der Waals surface area contributed by atoms with Crippen molar-refractivity contribution in [3.8, 4) is 5.69 Å². The molecule has 5 aromatic rings. The average molecular weight is 563 g/mol.